The van der Waals surface area contributed by atoms with Gasteiger partial charge >= 0.3 is 0 Å². The van der Waals surface area contributed by atoms with Crippen LogP contribution in [0.4, 0.5) is 11.4 Å². The van der Waals surface area contributed by atoms with Crippen LogP contribution in [0.15, 0.2) is 71.5 Å². The third-order valence-electron chi connectivity index (χ3n) is 5.64. The van der Waals surface area contributed by atoms with Gasteiger partial charge in [-0.2, -0.15) is 0 Å². The van der Waals surface area contributed by atoms with E-state index in [1.54, 1.807) is 55.5 Å². The van der Waals surface area contributed by atoms with Crippen molar-refractivity contribution in [3.05, 3.63) is 87.7 Å². The lowest BCUT2D eigenvalue weighted by Gasteiger charge is -2.16. The van der Waals surface area contributed by atoms with Gasteiger partial charge in [0, 0.05) is 12.0 Å². The van der Waals surface area contributed by atoms with E-state index in [2.05, 4.69) is 15.6 Å². The lowest BCUT2D eigenvalue weighted by atomic mass is 10.0. The van der Waals surface area contributed by atoms with Crippen LogP contribution >= 0.6 is 11.6 Å². The quantitative estimate of drug-likeness (QED) is 0.371. The van der Waals surface area contributed by atoms with Gasteiger partial charge in [0.25, 0.3) is 5.56 Å². The van der Waals surface area contributed by atoms with Crippen molar-refractivity contribution < 1.29 is 9.59 Å². The number of nitrogens with zero attached hydrogens (tertiary/aromatic N) is 2. The summed E-state index contributed by atoms with van der Waals surface area (Å²) in [4.78, 5) is 43.4. The van der Waals surface area contributed by atoms with Crippen molar-refractivity contribution >= 4 is 45.8 Å². The summed E-state index contributed by atoms with van der Waals surface area (Å²) in [7, 11) is 0. The topological polar surface area (TPSA) is 93.1 Å². The third kappa shape index (κ3) is 5.25. The molecule has 0 aliphatic carbocycles. The summed E-state index contributed by atoms with van der Waals surface area (Å²) in [5.74, 6) is -0.569. The fourth-order valence-corrected chi connectivity index (χ4v) is 3.96. The van der Waals surface area contributed by atoms with Gasteiger partial charge in [0.2, 0.25) is 11.8 Å². The highest BCUT2D eigenvalue weighted by Crippen LogP contribution is 2.28. The summed E-state index contributed by atoms with van der Waals surface area (Å²) in [6, 6.07) is 19.6. The average Bonchev–Trinajstić information content (AvgIpc) is 2.87. The molecule has 0 saturated heterocycles. The average molecular weight is 489 g/mol. The second-order valence-electron chi connectivity index (χ2n) is 8.00. The summed E-state index contributed by atoms with van der Waals surface area (Å²) >= 11 is 6.17. The number of aryl methyl sites for hydroxylation is 1. The monoisotopic (exact) mass is 488 g/mol. The van der Waals surface area contributed by atoms with Gasteiger partial charge in [0.05, 0.1) is 27.4 Å². The van der Waals surface area contributed by atoms with Crippen molar-refractivity contribution in [3.8, 4) is 11.3 Å². The van der Waals surface area contributed by atoms with Gasteiger partial charge in [-0.15, -0.1) is 0 Å². The van der Waals surface area contributed by atoms with Crippen LogP contribution in [0.5, 0.6) is 0 Å². The zero-order valence-electron chi connectivity index (χ0n) is 19.5. The van der Waals surface area contributed by atoms with E-state index in [1.807, 2.05) is 25.1 Å². The molecular formula is C27H25ClN4O3. The third-order valence-corrected chi connectivity index (χ3v) is 5.97. The molecule has 0 bridgehead atoms. The molecular weight excluding hydrogens is 464 g/mol. The molecule has 0 radical (unpaired) electrons. The predicted octanol–water partition coefficient (Wildman–Crippen LogP) is 5.27. The van der Waals surface area contributed by atoms with Gasteiger partial charge in [0.1, 0.15) is 12.2 Å². The molecule has 4 aromatic rings. The summed E-state index contributed by atoms with van der Waals surface area (Å²) in [5, 5.41) is 6.03. The first-order valence-electron chi connectivity index (χ1n) is 11.4. The molecule has 35 heavy (non-hydrogen) atoms. The minimum absolute atomic E-state index is 0.163. The number of halogens is 1. The molecule has 0 spiro atoms. The number of rotatable bonds is 7. The first kappa shape index (κ1) is 24.2. The number of para-hydroxylation sites is 3. The molecule has 0 saturated carbocycles. The molecule has 1 heterocycles. The van der Waals surface area contributed by atoms with Crippen LogP contribution < -0.4 is 16.2 Å². The van der Waals surface area contributed by atoms with Crippen molar-refractivity contribution in [2.75, 3.05) is 10.6 Å². The fourth-order valence-electron chi connectivity index (χ4n) is 3.78. The Bertz CT molecular complexity index is 1480. The lowest BCUT2D eigenvalue weighted by Crippen LogP contribution is -2.30. The zero-order chi connectivity index (χ0) is 24.9. The van der Waals surface area contributed by atoms with Gasteiger partial charge < -0.3 is 10.6 Å². The van der Waals surface area contributed by atoms with Crippen LogP contribution in [0.3, 0.4) is 0 Å². The molecule has 0 atom stereocenters. The smallest absolute Gasteiger partial charge is 0.278 e. The van der Waals surface area contributed by atoms with E-state index in [9.17, 15) is 14.4 Å². The van der Waals surface area contributed by atoms with Gasteiger partial charge in [-0.05, 0) is 48.4 Å². The fraction of sp³-hybridized carbons (Fsp3) is 0.185. The van der Waals surface area contributed by atoms with E-state index >= 15 is 0 Å². The molecule has 0 aliphatic rings. The molecule has 2 amide bonds. The van der Waals surface area contributed by atoms with Crippen LogP contribution in [0.1, 0.15) is 25.8 Å². The van der Waals surface area contributed by atoms with Crippen molar-refractivity contribution in [2.24, 2.45) is 0 Å². The Kier molecular flexibility index (Phi) is 7.27. The largest absolute Gasteiger partial charge is 0.325 e. The van der Waals surface area contributed by atoms with Crippen molar-refractivity contribution in [1.29, 1.82) is 0 Å². The van der Waals surface area contributed by atoms with Crippen LogP contribution in [0, 0.1) is 0 Å². The number of benzene rings is 3. The number of fused-ring (bicyclic) bond motifs is 1. The summed E-state index contributed by atoms with van der Waals surface area (Å²) < 4.78 is 1.40. The first-order chi connectivity index (χ1) is 16.9. The summed E-state index contributed by atoms with van der Waals surface area (Å²) in [6.07, 6.45) is 1.05. The summed E-state index contributed by atoms with van der Waals surface area (Å²) in [5.41, 5.74) is 3.29. The Morgan fingerprint density at radius 3 is 2.37 bits per heavy atom. The van der Waals surface area contributed by atoms with Crippen molar-refractivity contribution in [1.82, 2.24) is 9.55 Å². The number of carbonyl (C=O) groups excluding carboxylic acids is 2. The van der Waals surface area contributed by atoms with E-state index in [1.165, 1.54) is 4.57 Å². The number of hydrogen-bond donors (Lipinski definition) is 2. The number of nitrogens with one attached hydrogen (secondary N) is 2. The van der Waals surface area contributed by atoms with Gasteiger partial charge in [-0.25, -0.2) is 4.98 Å². The van der Waals surface area contributed by atoms with Crippen molar-refractivity contribution in [3.63, 3.8) is 0 Å². The van der Waals surface area contributed by atoms with Gasteiger partial charge in [-0.3, -0.25) is 19.0 Å². The first-order valence-corrected chi connectivity index (χ1v) is 11.8. The maximum Gasteiger partial charge on any atom is 0.278 e. The normalized spacial score (nSPS) is 10.8. The molecule has 3 aromatic carbocycles. The van der Waals surface area contributed by atoms with Crippen LogP contribution in [-0.2, 0) is 22.6 Å². The molecule has 7 nitrogen and oxygen atoms in total. The minimum atomic E-state index is -0.432. The van der Waals surface area contributed by atoms with Gasteiger partial charge in [0.15, 0.2) is 0 Å². The van der Waals surface area contributed by atoms with Crippen LogP contribution in [-0.4, -0.2) is 21.4 Å². The molecule has 178 valence electrons. The van der Waals surface area contributed by atoms with Crippen LogP contribution in [0.25, 0.3) is 22.3 Å². The molecule has 8 heteroatoms. The number of hydrogen-bond acceptors (Lipinski definition) is 4. The number of anilines is 2. The second-order valence-corrected chi connectivity index (χ2v) is 8.41. The minimum Gasteiger partial charge on any atom is -0.325 e. The van der Waals surface area contributed by atoms with E-state index in [4.69, 9.17) is 11.6 Å². The standard InChI is InChI=1S/C27H25ClN4O3/c1-3-17-13-14-20(29-24(33)4-2)18(15-17)26-27(35)32(23-12-8-7-11-22(23)31-26)16-25(34)30-21-10-6-5-9-19(21)28/h5-15H,3-4,16H2,1-2H3,(H,29,33)(H,30,34). The molecule has 1 aromatic heterocycles. The molecule has 2 N–H and O–H groups in total. The Labute approximate surface area is 207 Å². The van der Waals surface area contributed by atoms with E-state index in [0.717, 1.165) is 12.0 Å². The maximum atomic E-state index is 13.7. The number of carbonyl (C=O) groups is 2. The molecule has 0 aliphatic heterocycles. The second kappa shape index (κ2) is 10.5. The molecule has 4 rings (SSSR count). The Hall–Kier alpha value is -3.97. The zero-order valence-corrected chi connectivity index (χ0v) is 20.2. The van der Waals surface area contributed by atoms with Crippen LogP contribution in [0.2, 0.25) is 5.02 Å². The Balaban J connectivity index is 1.84. The van der Waals surface area contributed by atoms with Gasteiger partial charge in [-0.1, -0.05) is 55.8 Å². The summed E-state index contributed by atoms with van der Waals surface area (Å²) in [6.45, 7) is 3.53. The number of amides is 2. The van der Waals surface area contributed by atoms with E-state index < -0.39 is 11.5 Å². The molecule has 0 unspecified atom stereocenters. The Morgan fingerprint density at radius 2 is 1.63 bits per heavy atom. The SMILES string of the molecule is CCC(=O)Nc1ccc(CC)cc1-c1nc2ccccc2n(CC(=O)Nc2ccccc2Cl)c1=O. The highest BCUT2D eigenvalue weighted by atomic mass is 35.5. The molecule has 0 fully saturated rings. The maximum absolute atomic E-state index is 13.7. The lowest BCUT2D eigenvalue weighted by molar-refractivity contribution is -0.117. The predicted molar refractivity (Wildman–Crippen MR) is 140 cm³/mol. The number of aromatic nitrogens is 2. The van der Waals surface area contributed by atoms with Crippen molar-refractivity contribution in [2.45, 2.75) is 33.2 Å². The Morgan fingerprint density at radius 1 is 0.914 bits per heavy atom. The highest BCUT2D eigenvalue weighted by molar-refractivity contribution is 6.33. The van der Waals surface area contributed by atoms with E-state index in [0.29, 0.717) is 39.4 Å². The van der Waals surface area contributed by atoms with E-state index in [-0.39, 0.29) is 18.1 Å². The highest BCUT2D eigenvalue weighted by Gasteiger charge is 2.19.